The van der Waals surface area contributed by atoms with Gasteiger partial charge in [-0.1, -0.05) is 35.9 Å². The van der Waals surface area contributed by atoms with Gasteiger partial charge in [0.2, 0.25) is 0 Å². The zero-order valence-corrected chi connectivity index (χ0v) is 20.5. The lowest BCUT2D eigenvalue weighted by Gasteiger charge is -2.29. The highest BCUT2D eigenvalue weighted by atomic mass is 19.1. The van der Waals surface area contributed by atoms with Gasteiger partial charge < -0.3 is 4.90 Å². The van der Waals surface area contributed by atoms with Gasteiger partial charge in [-0.25, -0.2) is 4.39 Å². The second kappa shape index (κ2) is 9.19. The number of allylic oxidation sites excluding steroid dienone is 2. The maximum absolute atomic E-state index is 14.7. The van der Waals surface area contributed by atoms with Gasteiger partial charge in [-0.2, -0.15) is 5.10 Å². The number of pyridine rings is 1. The molecule has 1 aliphatic heterocycles. The van der Waals surface area contributed by atoms with Gasteiger partial charge in [0.05, 0.1) is 5.69 Å². The first-order valence-electron chi connectivity index (χ1n) is 11.8. The third-order valence-corrected chi connectivity index (χ3v) is 6.65. The Kier molecular flexibility index (Phi) is 6.07. The van der Waals surface area contributed by atoms with Crippen LogP contribution in [0.15, 0.2) is 72.1 Å². The molecule has 35 heavy (non-hydrogen) atoms. The molecule has 4 aromatic rings. The fourth-order valence-corrected chi connectivity index (χ4v) is 4.97. The number of aromatic nitrogens is 3. The van der Waals surface area contributed by atoms with Crippen LogP contribution >= 0.6 is 0 Å². The lowest BCUT2D eigenvalue weighted by Crippen LogP contribution is -2.28. The van der Waals surface area contributed by atoms with Crippen molar-refractivity contribution in [1.82, 2.24) is 19.7 Å². The second-order valence-corrected chi connectivity index (χ2v) is 9.75. The minimum Gasteiger partial charge on any atom is -0.304 e. The van der Waals surface area contributed by atoms with Crippen LogP contribution < -0.4 is 0 Å². The SMILES string of the molecule is CC1=C(C(=O)Cc2ccc3cnccc3c2)C(c2ccc(C)c(F)c2)n2nc(CN(C)C)cc2C1. The predicted molar refractivity (Wildman–Crippen MR) is 136 cm³/mol. The molecule has 0 bridgehead atoms. The Balaban J connectivity index is 1.56. The lowest BCUT2D eigenvalue weighted by molar-refractivity contribution is -0.115. The minimum absolute atomic E-state index is 0.0391. The van der Waals surface area contributed by atoms with E-state index in [9.17, 15) is 9.18 Å². The van der Waals surface area contributed by atoms with Gasteiger partial charge in [-0.15, -0.1) is 0 Å². The molecule has 5 nitrogen and oxygen atoms in total. The quantitative estimate of drug-likeness (QED) is 0.390. The van der Waals surface area contributed by atoms with Crippen molar-refractivity contribution < 1.29 is 9.18 Å². The van der Waals surface area contributed by atoms with E-state index in [1.165, 1.54) is 0 Å². The van der Waals surface area contributed by atoms with Crippen molar-refractivity contribution in [3.8, 4) is 0 Å². The van der Waals surface area contributed by atoms with Crippen LogP contribution in [-0.2, 0) is 24.2 Å². The first kappa shape index (κ1) is 23.1. The van der Waals surface area contributed by atoms with Gasteiger partial charge in [-0.05, 0) is 68.2 Å². The lowest BCUT2D eigenvalue weighted by atomic mass is 9.85. The molecular weight excluding hydrogens is 439 g/mol. The van der Waals surface area contributed by atoms with E-state index in [1.807, 2.05) is 62.2 Å². The van der Waals surface area contributed by atoms with Crippen molar-refractivity contribution in [2.24, 2.45) is 0 Å². The summed E-state index contributed by atoms with van der Waals surface area (Å²) in [6.07, 6.45) is 4.50. The van der Waals surface area contributed by atoms with E-state index in [4.69, 9.17) is 5.10 Å². The molecule has 3 heterocycles. The summed E-state index contributed by atoms with van der Waals surface area (Å²) < 4.78 is 16.6. The monoisotopic (exact) mass is 468 g/mol. The average Bonchev–Trinajstić information content (AvgIpc) is 3.20. The maximum Gasteiger partial charge on any atom is 0.165 e. The van der Waals surface area contributed by atoms with Crippen molar-refractivity contribution in [1.29, 1.82) is 0 Å². The number of aryl methyl sites for hydroxylation is 1. The molecule has 0 spiro atoms. The van der Waals surface area contributed by atoms with E-state index in [0.717, 1.165) is 38.9 Å². The van der Waals surface area contributed by atoms with Gasteiger partial charge in [0.25, 0.3) is 0 Å². The summed E-state index contributed by atoms with van der Waals surface area (Å²) >= 11 is 0. The summed E-state index contributed by atoms with van der Waals surface area (Å²) in [5, 5.41) is 6.97. The third-order valence-electron chi connectivity index (χ3n) is 6.65. The van der Waals surface area contributed by atoms with Gasteiger partial charge in [0, 0.05) is 48.4 Å². The standard InChI is InChI=1S/C29H29FN4O/c1-18-5-7-22(14-26(18)30)29-28(19(2)11-25-15-24(17-33(3)4)32-34(25)29)27(35)13-20-6-8-23-16-31-10-9-21(23)12-20/h5-10,12,14-16,29H,11,13,17H2,1-4H3. The molecule has 0 fully saturated rings. The van der Waals surface area contributed by atoms with Crippen molar-refractivity contribution in [2.45, 2.75) is 39.3 Å². The second-order valence-electron chi connectivity index (χ2n) is 9.75. The number of carbonyl (C=O) groups is 1. The van der Waals surface area contributed by atoms with Crippen LogP contribution in [-0.4, -0.2) is 39.5 Å². The molecule has 0 aliphatic carbocycles. The zero-order chi connectivity index (χ0) is 24.7. The molecule has 0 N–H and O–H groups in total. The van der Waals surface area contributed by atoms with Crippen molar-refractivity contribution >= 4 is 16.6 Å². The number of Topliss-reactive ketones (excluding diaryl/α,β-unsaturated/α-hetero) is 1. The Morgan fingerprint density at radius 1 is 1.09 bits per heavy atom. The third kappa shape index (κ3) is 4.54. The molecule has 5 rings (SSSR count). The topological polar surface area (TPSA) is 51.0 Å². The number of carbonyl (C=O) groups excluding carboxylic acids is 1. The first-order valence-corrected chi connectivity index (χ1v) is 11.8. The van der Waals surface area contributed by atoms with E-state index in [-0.39, 0.29) is 18.0 Å². The Bertz CT molecular complexity index is 1470. The van der Waals surface area contributed by atoms with Crippen LogP contribution in [0.5, 0.6) is 0 Å². The van der Waals surface area contributed by atoms with Gasteiger partial charge in [-0.3, -0.25) is 14.5 Å². The van der Waals surface area contributed by atoms with E-state index in [1.54, 1.807) is 25.3 Å². The fourth-order valence-electron chi connectivity index (χ4n) is 4.97. The van der Waals surface area contributed by atoms with E-state index in [2.05, 4.69) is 16.0 Å². The summed E-state index contributed by atoms with van der Waals surface area (Å²) in [6, 6.07) is 14.9. The highest BCUT2D eigenvalue weighted by molar-refractivity contribution is 5.99. The number of fused-ring (bicyclic) bond motifs is 2. The van der Waals surface area contributed by atoms with Crippen LogP contribution in [0, 0.1) is 12.7 Å². The Labute approximate surface area is 204 Å². The Hall–Kier alpha value is -3.64. The molecule has 2 aromatic carbocycles. The molecule has 1 atom stereocenters. The summed E-state index contributed by atoms with van der Waals surface area (Å²) in [5.41, 5.74) is 5.96. The van der Waals surface area contributed by atoms with Crippen LogP contribution in [0.25, 0.3) is 10.8 Å². The van der Waals surface area contributed by atoms with Crippen LogP contribution in [0.1, 0.15) is 41.0 Å². The van der Waals surface area contributed by atoms with E-state index >= 15 is 0 Å². The number of ketones is 1. The zero-order valence-electron chi connectivity index (χ0n) is 20.5. The number of rotatable bonds is 6. The number of halogens is 1. The van der Waals surface area contributed by atoms with Crippen LogP contribution in [0.4, 0.5) is 4.39 Å². The molecule has 0 saturated carbocycles. The molecular formula is C29H29FN4O. The predicted octanol–water partition coefficient (Wildman–Crippen LogP) is 5.21. The maximum atomic E-state index is 14.7. The van der Waals surface area contributed by atoms with Crippen LogP contribution in [0.3, 0.4) is 0 Å². The molecule has 178 valence electrons. The van der Waals surface area contributed by atoms with Crippen molar-refractivity contribution in [3.05, 3.63) is 106 Å². The number of benzene rings is 2. The number of nitrogens with zero attached hydrogens (tertiary/aromatic N) is 4. The van der Waals surface area contributed by atoms with E-state index in [0.29, 0.717) is 24.1 Å². The van der Waals surface area contributed by atoms with Gasteiger partial charge in [0.1, 0.15) is 11.9 Å². The Morgan fingerprint density at radius 3 is 2.69 bits per heavy atom. The molecule has 0 radical (unpaired) electrons. The highest BCUT2D eigenvalue weighted by Crippen LogP contribution is 2.37. The number of hydrogen-bond acceptors (Lipinski definition) is 4. The highest BCUT2D eigenvalue weighted by Gasteiger charge is 2.33. The minimum atomic E-state index is -0.457. The smallest absolute Gasteiger partial charge is 0.165 e. The molecule has 1 unspecified atom stereocenters. The molecule has 1 aliphatic rings. The normalized spacial score (nSPS) is 15.7. The number of hydrogen-bond donors (Lipinski definition) is 0. The molecule has 0 saturated heterocycles. The summed E-state index contributed by atoms with van der Waals surface area (Å²) in [4.78, 5) is 20.1. The van der Waals surface area contributed by atoms with E-state index < -0.39 is 6.04 Å². The van der Waals surface area contributed by atoms with Crippen molar-refractivity contribution in [2.75, 3.05) is 14.1 Å². The fraction of sp³-hybridized carbons (Fsp3) is 0.276. The van der Waals surface area contributed by atoms with Gasteiger partial charge in [0.15, 0.2) is 5.78 Å². The molecule has 6 heteroatoms. The van der Waals surface area contributed by atoms with Crippen molar-refractivity contribution in [3.63, 3.8) is 0 Å². The summed E-state index contributed by atoms with van der Waals surface area (Å²) in [5.74, 6) is -0.236. The largest absolute Gasteiger partial charge is 0.304 e. The average molecular weight is 469 g/mol. The molecule has 0 amide bonds. The summed E-state index contributed by atoms with van der Waals surface area (Å²) in [7, 11) is 4.01. The van der Waals surface area contributed by atoms with Crippen LogP contribution in [0.2, 0.25) is 0 Å². The van der Waals surface area contributed by atoms with Gasteiger partial charge >= 0.3 is 0 Å². The first-order chi connectivity index (χ1) is 16.8. The molecule has 2 aromatic heterocycles. The Morgan fingerprint density at radius 2 is 1.91 bits per heavy atom. The summed E-state index contributed by atoms with van der Waals surface area (Å²) in [6.45, 7) is 4.46.